The van der Waals surface area contributed by atoms with Crippen LogP contribution in [0.25, 0.3) is 0 Å². The molecule has 0 saturated carbocycles. The highest BCUT2D eigenvalue weighted by Crippen LogP contribution is 2.19. The molecule has 1 aliphatic heterocycles. The first-order valence-corrected chi connectivity index (χ1v) is 6.91. The smallest absolute Gasteiger partial charge is 0.313 e. The van der Waals surface area contributed by atoms with Crippen LogP contribution >= 0.6 is 11.6 Å². The Morgan fingerprint density at radius 1 is 1.40 bits per heavy atom. The summed E-state index contributed by atoms with van der Waals surface area (Å²) in [5, 5.41) is 5.61. The first-order chi connectivity index (χ1) is 9.56. The van der Waals surface area contributed by atoms with E-state index in [2.05, 4.69) is 10.6 Å². The third kappa shape index (κ3) is 3.95. The van der Waals surface area contributed by atoms with Crippen molar-refractivity contribution >= 4 is 29.1 Å². The summed E-state index contributed by atoms with van der Waals surface area (Å²) < 4.78 is 5.37. The van der Waals surface area contributed by atoms with Crippen molar-refractivity contribution in [3.8, 4) is 0 Å². The molecule has 2 rings (SSSR count). The van der Waals surface area contributed by atoms with E-state index in [1.807, 2.05) is 6.92 Å². The summed E-state index contributed by atoms with van der Waals surface area (Å²) in [6.07, 6.45) is 1.92. The summed E-state index contributed by atoms with van der Waals surface area (Å²) in [5.74, 6) is -1.37. The van der Waals surface area contributed by atoms with Gasteiger partial charge in [-0.25, -0.2) is 0 Å². The molecular weight excluding hydrogens is 280 g/mol. The van der Waals surface area contributed by atoms with Crippen LogP contribution in [-0.2, 0) is 14.3 Å². The van der Waals surface area contributed by atoms with Crippen molar-refractivity contribution in [1.82, 2.24) is 5.32 Å². The molecule has 0 aliphatic carbocycles. The van der Waals surface area contributed by atoms with Gasteiger partial charge in [0.25, 0.3) is 0 Å². The Morgan fingerprint density at radius 3 is 2.85 bits per heavy atom. The number of hydrogen-bond donors (Lipinski definition) is 2. The molecule has 1 aromatic carbocycles. The van der Waals surface area contributed by atoms with Gasteiger partial charge in [0, 0.05) is 23.9 Å². The third-order valence-corrected chi connectivity index (χ3v) is 3.56. The molecule has 1 aliphatic rings. The third-order valence-electron chi connectivity index (χ3n) is 3.15. The zero-order valence-electron chi connectivity index (χ0n) is 11.2. The van der Waals surface area contributed by atoms with Crippen LogP contribution in [0.5, 0.6) is 0 Å². The van der Waals surface area contributed by atoms with Gasteiger partial charge in [0.2, 0.25) is 0 Å². The number of carbonyl (C=O) groups excluding carboxylic acids is 2. The SMILES string of the molecule is Cc1ccc(NC(=O)C(=O)NCC2CCCO2)cc1Cl. The van der Waals surface area contributed by atoms with Crippen LogP contribution in [0, 0.1) is 6.92 Å². The number of carbonyl (C=O) groups is 2. The van der Waals surface area contributed by atoms with E-state index in [4.69, 9.17) is 16.3 Å². The molecule has 6 heteroatoms. The van der Waals surface area contributed by atoms with E-state index in [-0.39, 0.29) is 6.10 Å². The number of aryl methyl sites for hydroxylation is 1. The first-order valence-electron chi connectivity index (χ1n) is 6.53. The Bertz CT molecular complexity index is 513. The summed E-state index contributed by atoms with van der Waals surface area (Å²) in [6, 6.07) is 5.09. The molecule has 0 radical (unpaired) electrons. The topological polar surface area (TPSA) is 67.4 Å². The fraction of sp³-hybridized carbons (Fsp3) is 0.429. The fourth-order valence-corrected chi connectivity index (χ4v) is 2.13. The molecule has 2 N–H and O–H groups in total. The fourth-order valence-electron chi connectivity index (χ4n) is 1.95. The van der Waals surface area contributed by atoms with Crippen molar-refractivity contribution in [2.75, 3.05) is 18.5 Å². The van der Waals surface area contributed by atoms with Crippen LogP contribution in [0.15, 0.2) is 18.2 Å². The summed E-state index contributed by atoms with van der Waals surface area (Å²) in [7, 11) is 0. The first kappa shape index (κ1) is 14.8. The van der Waals surface area contributed by atoms with Gasteiger partial charge in [-0.3, -0.25) is 9.59 Å². The molecule has 1 saturated heterocycles. The van der Waals surface area contributed by atoms with Crippen molar-refractivity contribution < 1.29 is 14.3 Å². The van der Waals surface area contributed by atoms with Gasteiger partial charge in [0.15, 0.2) is 0 Å². The lowest BCUT2D eigenvalue weighted by atomic mass is 10.2. The van der Waals surface area contributed by atoms with Gasteiger partial charge in [-0.15, -0.1) is 0 Å². The molecule has 0 spiro atoms. The minimum absolute atomic E-state index is 0.0144. The Balaban J connectivity index is 1.83. The Labute approximate surface area is 122 Å². The second-order valence-corrected chi connectivity index (χ2v) is 5.17. The number of halogens is 1. The van der Waals surface area contributed by atoms with Crippen LogP contribution in [-0.4, -0.2) is 31.1 Å². The summed E-state index contributed by atoms with van der Waals surface area (Å²) in [4.78, 5) is 23.4. The Morgan fingerprint density at radius 2 is 2.20 bits per heavy atom. The molecule has 1 heterocycles. The zero-order chi connectivity index (χ0) is 14.5. The highest BCUT2D eigenvalue weighted by molar-refractivity contribution is 6.39. The number of rotatable bonds is 3. The molecule has 5 nitrogen and oxygen atoms in total. The Hall–Kier alpha value is -1.59. The number of hydrogen-bond acceptors (Lipinski definition) is 3. The van der Waals surface area contributed by atoms with Gasteiger partial charge in [-0.05, 0) is 37.5 Å². The van der Waals surface area contributed by atoms with E-state index in [1.165, 1.54) is 0 Å². The van der Waals surface area contributed by atoms with Crippen LogP contribution < -0.4 is 10.6 Å². The molecule has 1 unspecified atom stereocenters. The van der Waals surface area contributed by atoms with Crippen molar-refractivity contribution in [2.45, 2.75) is 25.9 Å². The number of anilines is 1. The van der Waals surface area contributed by atoms with E-state index in [0.717, 1.165) is 18.4 Å². The van der Waals surface area contributed by atoms with Crippen LogP contribution in [0.4, 0.5) is 5.69 Å². The van der Waals surface area contributed by atoms with E-state index in [1.54, 1.807) is 18.2 Å². The van der Waals surface area contributed by atoms with Gasteiger partial charge in [0.05, 0.1) is 6.10 Å². The normalized spacial score (nSPS) is 17.8. The molecule has 1 atom stereocenters. The quantitative estimate of drug-likeness (QED) is 0.837. The predicted molar refractivity (Wildman–Crippen MR) is 76.8 cm³/mol. The number of nitrogens with one attached hydrogen (secondary N) is 2. The minimum Gasteiger partial charge on any atom is -0.376 e. The van der Waals surface area contributed by atoms with E-state index < -0.39 is 11.8 Å². The largest absolute Gasteiger partial charge is 0.376 e. The molecular formula is C14H17ClN2O3. The van der Waals surface area contributed by atoms with Gasteiger partial charge in [-0.1, -0.05) is 17.7 Å². The van der Waals surface area contributed by atoms with Crippen molar-refractivity contribution in [2.24, 2.45) is 0 Å². The van der Waals surface area contributed by atoms with Crippen molar-refractivity contribution in [3.63, 3.8) is 0 Å². The second-order valence-electron chi connectivity index (χ2n) is 4.76. The zero-order valence-corrected chi connectivity index (χ0v) is 12.0. The highest BCUT2D eigenvalue weighted by Gasteiger charge is 2.19. The Kier molecular flexibility index (Phi) is 4.98. The van der Waals surface area contributed by atoms with Gasteiger partial charge < -0.3 is 15.4 Å². The minimum atomic E-state index is -0.706. The molecule has 1 fully saturated rings. The molecule has 20 heavy (non-hydrogen) atoms. The number of amides is 2. The molecule has 108 valence electrons. The summed E-state index contributed by atoms with van der Waals surface area (Å²) >= 11 is 5.96. The van der Waals surface area contributed by atoms with Crippen molar-refractivity contribution in [3.05, 3.63) is 28.8 Å². The van der Waals surface area contributed by atoms with Gasteiger partial charge >= 0.3 is 11.8 Å². The summed E-state index contributed by atoms with van der Waals surface area (Å²) in [5.41, 5.74) is 1.41. The van der Waals surface area contributed by atoms with Gasteiger partial charge in [0.1, 0.15) is 0 Å². The summed E-state index contributed by atoms with van der Waals surface area (Å²) in [6.45, 7) is 2.94. The van der Waals surface area contributed by atoms with Gasteiger partial charge in [-0.2, -0.15) is 0 Å². The maximum Gasteiger partial charge on any atom is 0.313 e. The van der Waals surface area contributed by atoms with Crippen LogP contribution in [0.3, 0.4) is 0 Å². The molecule has 1 aromatic rings. The monoisotopic (exact) mass is 296 g/mol. The maximum atomic E-state index is 11.7. The molecule has 0 aromatic heterocycles. The average molecular weight is 297 g/mol. The molecule has 0 bridgehead atoms. The second kappa shape index (κ2) is 6.72. The van der Waals surface area contributed by atoms with Crippen LogP contribution in [0.1, 0.15) is 18.4 Å². The standard InChI is InChI=1S/C14H17ClN2O3/c1-9-4-5-10(7-12(9)15)17-14(19)13(18)16-8-11-3-2-6-20-11/h4-5,7,11H,2-3,6,8H2,1H3,(H,16,18)(H,17,19). The van der Waals surface area contributed by atoms with E-state index in [0.29, 0.717) is 23.9 Å². The van der Waals surface area contributed by atoms with Crippen LogP contribution in [0.2, 0.25) is 5.02 Å². The van der Waals surface area contributed by atoms with E-state index >= 15 is 0 Å². The predicted octanol–water partition coefficient (Wildman–Crippen LogP) is 1.88. The van der Waals surface area contributed by atoms with E-state index in [9.17, 15) is 9.59 Å². The van der Waals surface area contributed by atoms with Crippen molar-refractivity contribution in [1.29, 1.82) is 0 Å². The highest BCUT2D eigenvalue weighted by atomic mass is 35.5. The lowest BCUT2D eigenvalue weighted by Crippen LogP contribution is -2.39. The lowest BCUT2D eigenvalue weighted by molar-refractivity contribution is -0.136. The molecule has 2 amide bonds. The number of benzene rings is 1. The average Bonchev–Trinajstić information content (AvgIpc) is 2.93. The maximum absolute atomic E-state index is 11.7. The lowest BCUT2D eigenvalue weighted by Gasteiger charge is -2.11. The number of ether oxygens (including phenoxy) is 1.